The summed E-state index contributed by atoms with van der Waals surface area (Å²) in [7, 11) is 0. The molecule has 9 nitrogen and oxygen atoms in total. The van der Waals surface area contributed by atoms with Gasteiger partial charge in [-0.2, -0.15) is 9.78 Å². The second kappa shape index (κ2) is 9.46. The number of hydrogen-bond acceptors (Lipinski definition) is 5. The van der Waals surface area contributed by atoms with E-state index in [0.717, 1.165) is 25.9 Å². The smallest absolute Gasteiger partial charge is 0.339 e. The third kappa shape index (κ3) is 4.68. The Morgan fingerprint density at radius 2 is 1.47 bits per heavy atom. The molecule has 0 spiro atoms. The molecule has 4 rings (SSSR count). The molecule has 1 aliphatic rings. The van der Waals surface area contributed by atoms with E-state index in [1.54, 1.807) is 17.0 Å². The Morgan fingerprint density at radius 1 is 0.882 bits per heavy atom. The molecular formula is C25H27N5O4. The molecule has 0 radical (unpaired) electrons. The van der Waals surface area contributed by atoms with Gasteiger partial charge in [-0.05, 0) is 42.7 Å². The maximum absolute atomic E-state index is 13.4. The lowest BCUT2D eigenvalue weighted by molar-refractivity contribution is -0.130. The van der Waals surface area contributed by atoms with Gasteiger partial charge >= 0.3 is 5.69 Å². The predicted octanol–water partition coefficient (Wildman–Crippen LogP) is 1.36. The SMILES string of the molecule is CC(=O)N1CCN(C(=O)c2nn(-c3cc(C)cc(C)c3)c(=O)n(Cc3ccccc3)c2=O)CC1. The van der Waals surface area contributed by atoms with Crippen LogP contribution in [0.5, 0.6) is 0 Å². The highest BCUT2D eigenvalue weighted by molar-refractivity contribution is 5.92. The van der Waals surface area contributed by atoms with Crippen LogP contribution in [0, 0.1) is 13.8 Å². The van der Waals surface area contributed by atoms with Crippen molar-refractivity contribution in [2.45, 2.75) is 27.3 Å². The van der Waals surface area contributed by atoms with Crippen molar-refractivity contribution in [1.29, 1.82) is 0 Å². The van der Waals surface area contributed by atoms with E-state index in [1.165, 1.54) is 11.8 Å². The molecule has 3 aromatic rings. The molecule has 1 fully saturated rings. The van der Waals surface area contributed by atoms with Crippen LogP contribution in [0.3, 0.4) is 0 Å². The van der Waals surface area contributed by atoms with Crippen molar-refractivity contribution in [2.75, 3.05) is 26.2 Å². The summed E-state index contributed by atoms with van der Waals surface area (Å²) in [4.78, 5) is 54.9. The van der Waals surface area contributed by atoms with Gasteiger partial charge in [0.2, 0.25) is 11.6 Å². The Hall–Kier alpha value is -4.01. The van der Waals surface area contributed by atoms with Crippen molar-refractivity contribution in [2.24, 2.45) is 0 Å². The van der Waals surface area contributed by atoms with Gasteiger partial charge in [0.1, 0.15) is 0 Å². The van der Waals surface area contributed by atoms with E-state index in [2.05, 4.69) is 5.10 Å². The lowest BCUT2D eigenvalue weighted by Crippen LogP contribution is -2.52. The largest absolute Gasteiger partial charge is 0.352 e. The van der Waals surface area contributed by atoms with E-state index in [1.807, 2.05) is 50.2 Å². The van der Waals surface area contributed by atoms with Crippen LogP contribution in [-0.2, 0) is 11.3 Å². The number of aryl methyl sites for hydroxylation is 2. The highest BCUT2D eigenvalue weighted by Gasteiger charge is 2.28. The molecule has 2 amide bonds. The third-order valence-corrected chi connectivity index (χ3v) is 5.91. The normalized spacial score (nSPS) is 13.7. The van der Waals surface area contributed by atoms with Gasteiger partial charge in [0, 0.05) is 33.1 Å². The molecule has 1 aliphatic heterocycles. The van der Waals surface area contributed by atoms with Crippen LogP contribution in [0.25, 0.3) is 5.69 Å². The first-order chi connectivity index (χ1) is 16.2. The number of amides is 2. The minimum Gasteiger partial charge on any atom is -0.339 e. The summed E-state index contributed by atoms with van der Waals surface area (Å²) in [5.41, 5.74) is 1.44. The Bertz CT molecular complexity index is 1330. The zero-order valence-corrected chi connectivity index (χ0v) is 19.5. The van der Waals surface area contributed by atoms with E-state index >= 15 is 0 Å². The number of carbonyl (C=O) groups excluding carboxylic acids is 2. The maximum Gasteiger partial charge on any atom is 0.352 e. The molecule has 0 bridgehead atoms. The van der Waals surface area contributed by atoms with Crippen LogP contribution >= 0.6 is 0 Å². The summed E-state index contributed by atoms with van der Waals surface area (Å²) in [5, 5.41) is 4.25. The van der Waals surface area contributed by atoms with Crippen molar-refractivity contribution in [1.82, 2.24) is 24.1 Å². The zero-order valence-electron chi connectivity index (χ0n) is 19.5. The number of piperazine rings is 1. The summed E-state index contributed by atoms with van der Waals surface area (Å²) >= 11 is 0. The molecule has 176 valence electrons. The van der Waals surface area contributed by atoms with Gasteiger partial charge in [-0.25, -0.2) is 4.79 Å². The van der Waals surface area contributed by atoms with E-state index in [4.69, 9.17) is 0 Å². The maximum atomic E-state index is 13.4. The van der Waals surface area contributed by atoms with Gasteiger partial charge in [-0.1, -0.05) is 36.4 Å². The van der Waals surface area contributed by atoms with E-state index < -0.39 is 17.2 Å². The average molecular weight is 462 g/mol. The van der Waals surface area contributed by atoms with E-state index in [-0.39, 0.29) is 18.1 Å². The second-order valence-electron chi connectivity index (χ2n) is 8.56. The summed E-state index contributed by atoms with van der Waals surface area (Å²) < 4.78 is 2.18. The monoisotopic (exact) mass is 461 g/mol. The van der Waals surface area contributed by atoms with Crippen molar-refractivity contribution in [3.8, 4) is 5.69 Å². The number of carbonyl (C=O) groups is 2. The molecule has 0 unspecified atom stereocenters. The van der Waals surface area contributed by atoms with Gasteiger partial charge in [0.05, 0.1) is 12.2 Å². The second-order valence-corrected chi connectivity index (χ2v) is 8.56. The predicted molar refractivity (Wildman–Crippen MR) is 127 cm³/mol. The van der Waals surface area contributed by atoms with Gasteiger partial charge < -0.3 is 9.80 Å². The number of nitrogens with zero attached hydrogens (tertiary/aromatic N) is 5. The Labute approximate surface area is 196 Å². The van der Waals surface area contributed by atoms with Crippen LogP contribution in [0.4, 0.5) is 0 Å². The minimum absolute atomic E-state index is 0.0181. The van der Waals surface area contributed by atoms with Gasteiger partial charge in [0.25, 0.3) is 11.5 Å². The fourth-order valence-electron chi connectivity index (χ4n) is 4.17. The topological polar surface area (TPSA) is 97.5 Å². The molecule has 1 aromatic heterocycles. The van der Waals surface area contributed by atoms with Crippen molar-refractivity contribution in [3.63, 3.8) is 0 Å². The fraction of sp³-hybridized carbons (Fsp3) is 0.320. The highest BCUT2D eigenvalue weighted by atomic mass is 16.2. The highest BCUT2D eigenvalue weighted by Crippen LogP contribution is 2.12. The standard InChI is InChI=1S/C25H27N5O4/c1-17-13-18(2)15-21(14-17)30-25(34)29(16-20-7-5-4-6-8-20)24(33)22(26-30)23(32)28-11-9-27(10-12-28)19(3)31/h4-8,13-15H,9-12,16H2,1-3H3. The quantitative estimate of drug-likeness (QED) is 0.585. The first-order valence-corrected chi connectivity index (χ1v) is 11.2. The van der Waals surface area contributed by atoms with Gasteiger partial charge in [0.15, 0.2) is 0 Å². The molecule has 9 heteroatoms. The molecule has 0 N–H and O–H groups in total. The van der Waals surface area contributed by atoms with Crippen LogP contribution < -0.4 is 11.2 Å². The number of benzene rings is 2. The molecule has 0 aliphatic carbocycles. The lowest BCUT2D eigenvalue weighted by Gasteiger charge is -2.33. The first kappa shape index (κ1) is 23.2. The molecule has 34 heavy (non-hydrogen) atoms. The fourth-order valence-corrected chi connectivity index (χ4v) is 4.17. The molecule has 1 saturated heterocycles. The molecule has 2 aromatic carbocycles. The van der Waals surface area contributed by atoms with Crippen molar-refractivity contribution in [3.05, 3.63) is 91.8 Å². The molecular weight excluding hydrogens is 434 g/mol. The minimum atomic E-state index is -0.728. The summed E-state index contributed by atoms with van der Waals surface area (Å²) in [6, 6.07) is 14.7. The van der Waals surface area contributed by atoms with Crippen molar-refractivity contribution >= 4 is 11.8 Å². The molecule has 0 atom stereocenters. The lowest BCUT2D eigenvalue weighted by atomic mass is 10.1. The first-order valence-electron chi connectivity index (χ1n) is 11.2. The summed E-state index contributed by atoms with van der Waals surface area (Å²) in [6.07, 6.45) is 0. The zero-order chi connectivity index (χ0) is 24.4. The number of rotatable bonds is 4. The van der Waals surface area contributed by atoms with Crippen molar-refractivity contribution < 1.29 is 9.59 Å². The molecule has 0 saturated carbocycles. The summed E-state index contributed by atoms with van der Waals surface area (Å²) in [5.74, 6) is -0.605. The number of aromatic nitrogens is 3. The summed E-state index contributed by atoms with van der Waals surface area (Å²) in [6.45, 7) is 6.67. The van der Waals surface area contributed by atoms with Crippen LogP contribution in [0.2, 0.25) is 0 Å². The van der Waals surface area contributed by atoms with E-state index in [0.29, 0.717) is 31.9 Å². The Kier molecular flexibility index (Phi) is 6.45. The van der Waals surface area contributed by atoms with Crippen LogP contribution in [0.1, 0.15) is 34.1 Å². The van der Waals surface area contributed by atoms with Gasteiger partial charge in [-0.15, -0.1) is 0 Å². The van der Waals surface area contributed by atoms with Crippen LogP contribution in [0.15, 0.2) is 58.1 Å². The molecule has 2 heterocycles. The Morgan fingerprint density at radius 3 is 2.06 bits per heavy atom. The van der Waals surface area contributed by atoms with Gasteiger partial charge in [-0.3, -0.25) is 19.0 Å². The average Bonchev–Trinajstić information content (AvgIpc) is 2.81. The Balaban J connectivity index is 1.82. The third-order valence-electron chi connectivity index (χ3n) is 5.91. The van der Waals surface area contributed by atoms with Crippen LogP contribution in [-0.4, -0.2) is 62.1 Å². The number of hydrogen-bond donors (Lipinski definition) is 0. The van der Waals surface area contributed by atoms with E-state index in [9.17, 15) is 19.2 Å².